The predicted octanol–water partition coefficient (Wildman–Crippen LogP) is 5.33. The van der Waals surface area contributed by atoms with E-state index in [0.29, 0.717) is 18.1 Å². The number of carbonyl (C=O) groups excluding carboxylic acids is 1. The molecule has 0 spiro atoms. The van der Waals surface area contributed by atoms with Crippen LogP contribution in [0.1, 0.15) is 32.9 Å². The number of ether oxygens (including phenoxy) is 1. The molecule has 2 aromatic heterocycles. The molecule has 0 saturated heterocycles. The fourth-order valence-electron chi connectivity index (χ4n) is 3.66. The van der Waals surface area contributed by atoms with Crippen molar-refractivity contribution in [1.82, 2.24) is 9.55 Å². The van der Waals surface area contributed by atoms with Gasteiger partial charge in [-0.1, -0.05) is 48.5 Å². The minimum Gasteiger partial charge on any atom is -0.487 e. The maximum atomic E-state index is 13.0. The number of carbonyl (C=O) groups is 1. The van der Waals surface area contributed by atoms with Crippen LogP contribution in [0, 0.1) is 20.8 Å². The largest absolute Gasteiger partial charge is 0.487 e. The maximum absolute atomic E-state index is 13.0. The highest BCUT2D eigenvalue weighted by Gasteiger charge is 2.18. The highest BCUT2D eigenvalue weighted by molar-refractivity contribution is 6.06. The molecule has 5 heteroatoms. The number of pyridine rings is 1. The summed E-state index contributed by atoms with van der Waals surface area (Å²) in [6.45, 7) is 6.33. The average Bonchev–Trinajstić information content (AvgIpc) is 3.09. The van der Waals surface area contributed by atoms with Gasteiger partial charge in [0.25, 0.3) is 5.91 Å². The van der Waals surface area contributed by atoms with E-state index < -0.39 is 0 Å². The Morgan fingerprint density at radius 3 is 2.43 bits per heavy atom. The fraction of sp³-hybridized carbons (Fsp3) is 0.200. The Morgan fingerprint density at radius 1 is 1.00 bits per heavy atom. The van der Waals surface area contributed by atoms with Crippen LogP contribution in [0.25, 0.3) is 10.9 Å². The first-order valence-corrected chi connectivity index (χ1v) is 9.96. The van der Waals surface area contributed by atoms with Gasteiger partial charge in [0.05, 0.1) is 5.69 Å². The van der Waals surface area contributed by atoms with Gasteiger partial charge >= 0.3 is 0 Å². The molecule has 4 aromatic rings. The molecule has 0 saturated carbocycles. The minimum atomic E-state index is -0.180. The maximum Gasteiger partial charge on any atom is 0.273 e. The SMILES string of the molecule is Cc1nc(NC(=O)c2cc3ccccc3n2C)c(C)c(C)c1OCc1ccccc1. The summed E-state index contributed by atoms with van der Waals surface area (Å²) in [5.74, 6) is 1.15. The van der Waals surface area contributed by atoms with Gasteiger partial charge in [0.15, 0.2) is 0 Å². The van der Waals surface area contributed by atoms with E-state index in [-0.39, 0.29) is 5.91 Å². The fourth-order valence-corrected chi connectivity index (χ4v) is 3.66. The van der Waals surface area contributed by atoms with Crippen LogP contribution in [0.4, 0.5) is 5.82 Å². The number of aromatic nitrogens is 2. The second kappa shape index (κ2) is 8.03. The zero-order valence-electron chi connectivity index (χ0n) is 17.7. The van der Waals surface area contributed by atoms with Crippen molar-refractivity contribution in [3.8, 4) is 5.75 Å². The first kappa shape index (κ1) is 19.7. The highest BCUT2D eigenvalue weighted by Crippen LogP contribution is 2.30. The van der Waals surface area contributed by atoms with E-state index in [0.717, 1.165) is 39.0 Å². The van der Waals surface area contributed by atoms with Gasteiger partial charge in [-0.15, -0.1) is 0 Å². The van der Waals surface area contributed by atoms with Gasteiger partial charge in [0, 0.05) is 18.0 Å². The summed E-state index contributed by atoms with van der Waals surface area (Å²) in [7, 11) is 1.90. The Kier molecular flexibility index (Phi) is 5.27. The van der Waals surface area contributed by atoms with Crippen molar-refractivity contribution < 1.29 is 9.53 Å². The van der Waals surface area contributed by atoms with Gasteiger partial charge in [-0.2, -0.15) is 0 Å². The number of hydrogen-bond donors (Lipinski definition) is 1. The summed E-state index contributed by atoms with van der Waals surface area (Å²) in [6.07, 6.45) is 0. The molecule has 4 rings (SSSR count). The molecule has 0 radical (unpaired) electrons. The highest BCUT2D eigenvalue weighted by atomic mass is 16.5. The lowest BCUT2D eigenvalue weighted by Gasteiger charge is -2.17. The minimum absolute atomic E-state index is 0.180. The molecule has 152 valence electrons. The summed E-state index contributed by atoms with van der Waals surface area (Å²) in [6, 6.07) is 19.9. The number of anilines is 1. The number of amides is 1. The monoisotopic (exact) mass is 399 g/mol. The Morgan fingerprint density at radius 2 is 1.70 bits per heavy atom. The first-order chi connectivity index (χ1) is 14.5. The van der Waals surface area contributed by atoms with Crippen LogP contribution >= 0.6 is 0 Å². The standard InChI is InChI=1S/C25H25N3O2/c1-16-17(2)24(26-18(3)23(16)30-15-19-10-6-5-7-11-19)27-25(29)22-14-20-12-8-9-13-21(20)28(22)4/h5-14H,15H2,1-4H3,(H,26,27,29). The van der Waals surface area contributed by atoms with Gasteiger partial charge in [-0.25, -0.2) is 4.98 Å². The summed E-state index contributed by atoms with van der Waals surface area (Å²) in [5, 5.41) is 4.02. The Bertz CT molecular complexity index is 1230. The van der Waals surface area contributed by atoms with E-state index >= 15 is 0 Å². The third-order valence-electron chi connectivity index (χ3n) is 5.51. The molecule has 5 nitrogen and oxygen atoms in total. The third kappa shape index (κ3) is 3.66. The predicted molar refractivity (Wildman–Crippen MR) is 120 cm³/mol. The molecule has 0 fully saturated rings. The second-order valence-corrected chi connectivity index (χ2v) is 7.50. The van der Waals surface area contributed by atoms with Gasteiger partial charge in [0.2, 0.25) is 0 Å². The normalized spacial score (nSPS) is 10.9. The summed E-state index contributed by atoms with van der Waals surface area (Å²) in [4.78, 5) is 17.6. The Labute approximate surface area is 176 Å². The second-order valence-electron chi connectivity index (χ2n) is 7.50. The van der Waals surface area contributed by atoms with Crippen molar-refractivity contribution in [3.63, 3.8) is 0 Å². The number of fused-ring (bicyclic) bond motifs is 1. The number of para-hydroxylation sites is 1. The molecule has 1 amide bonds. The molecule has 0 unspecified atom stereocenters. The molecule has 0 atom stereocenters. The van der Waals surface area contributed by atoms with E-state index in [4.69, 9.17) is 4.74 Å². The van der Waals surface area contributed by atoms with Gasteiger partial charge in [-0.3, -0.25) is 4.79 Å². The quantitative estimate of drug-likeness (QED) is 0.493. The number of benzene rings is 2. The molecule has 30 heavy (non-hydrogen) atoms. The molecule has 0 aliphatic rings. The van der Waals surface area contributed by atoms with Gasteiger partial charge < -0.3 is 14.6 Å². The third-order valence-corrected chi connectivity index (χ3v) is 5.51. The van der Waals surface area contributed by atoms with Crippen molar-refractivity contribution in [1.29, 1.82) is 0 Å². The van der Waals surface area contributed by atoms with Crippen molar-refractivity contribution >= 4 is 22.6 Å². The summed E-state index contributed by atoms with van der Waals surface area (Å²) < 4.78 is 7.96. The van der Waals surface area contributed by atoms with E-state index in [1.54, 1.807) is 0 Å². The van der Waals surface area contributed by atoms with E-state index in [9.17, 15) is 4.79 Å². The smallest absolute Gasteiger partial charge is 0.273 e. The number of hydrogen-bond acceptors (Lipinski definition) is 3. The first-order valence-electron chi connectivity index (χ1n) is 9.96. The molecule has 0 aliphatic carbocycles. The van der Waals surface area contributed by atoms with Crippen LogP contribution in [-0.4, -0.2) is 15.5 Å². The molecule has 2 aromatic carbocycles. The number of aryl methyl sites for hydroxylation is 2. The van der Waals surface area contributed by atoms with Gasteiger partial charge in [-0.05, 0) is 49.6 Å². The topological polar surface area (TPSA) is 56.2 Å². The lowest BCUT2D eigenvalue weighted by molar-refractivity contribution is 0.101. The van der Waals surface area contributed by atoms with Crippen molar-refractivity contribution in [3.05, 3.63) is 88.7 Å². The van der Waals surface area contributed by atoms with Gasteiger partial charge in [0.1, 0.15) is 23.9 Å². The van der Waals surface area contributed by atoms with Crippen LogP contribution in [0.3, 0.4) is 0 Å². The molecule has 0 bridgehead atoms. The zero-order valence-corrected chi connectivity index (χ0v) is 17.7. The lowest BCUT2D eigenvalue weighted by atomic mass is 10.1. The van der Waals surface area contributed by atoms with Crippen molar-refractivity contribution in [2.45, 2.75) is 27.4 Å². The Balaban J connectivity index is 1.58. The number of nitrogens with one attached hydrogen (secondary N) is 1. The molecular formula is C25H25N3O2. The zero-order chi connectivity index (χ0) is 21.3. The van der Waals surface area contributed by atoms with Crippen molar-refractivity contribution in [2.24, 2.45) is 7.05 Å². The van der Waals surface area contributed by atoms with Crippen LogP contribution in [0.2, 0.25) is 0 Å². The lowest BCUT2D eigenvalue weighted by Crippen LogP contribution is -2.18. The molecule has 0 aliphatic heterocycles. The summed E-state index contributed by atoms with van der Waals surface area (Å²) >= 11 is 0. The van der Waals surface area contributed by atoms with E-state index in [2.05, 4.69) is 10.3 Å². The van der Waals surface area contributed by atoms with E-state index in [1.165, 1.54) is 0 Å². The summed E-state index contributed by atoms with van der Waals surface area (Å²) in [5.41, 5.74) is 5.34. The van der Waals surface area contributed by atoms with Crippen molar-refractivity contribution in [2.75, 3.05) is 5.32 Å². The molecule has 2 heterocycles. The molecule has 1 N–H and O–H groups in total. The van der Waals surface area contributed by atoms with Crippen LogP contribution < -0.4 is 10.1 Å². The van der Waals surface area contributed by atoms with E-state index in [1.807, 2.05) is 93.0 Å². The Hall–Kier alpha value is -3.60. The number of rotatable bonds is 5. The number of nitrogens with zero attached hydrogens (tertiary/aromatic N) is 2. The average molecular weight is 399 g/mol. The van der Waals surface area contributed by atoms with Crippen LogP contribution in [0.15, 0.2) is 60.7 Å². The van der Waals surface area contributed by atoms with Crippen LogP contribution in [-0.2, 0) is 13.7 Å². The molecular weight excluding hydrogens is 374 g/mol. The van der Waals surface area contributed by atoms with Crippen LogP contribution in [0.5, 0.6) is 5.75 Å².